The third-order valence-electron chi connectivity index (χ3n) is 3.02. The first kappa shape index (κ1) is 13.1. The molecule has 6 heteroatoms. The number of oxazole rings is 1. The predicted molar refractivity (Wildman–Crippen MR) is 81.7 cm³/mol. The fourth-order valence-electron chi connectivity index (χ4n) is 2.04. The summed E-state index contributed by atoms with van der Waals surface area (Å²) in [7, 11) is 0. The molecule has 2 aromatic carbocycles. The van der Waals surface area contributed by atoms with E-state index in [4.69, 9.17) is 14.9 Å². The lowest BCUT2D eigenvalue weighted by Crippen LogP contribution is -2.12. The van der Waals surface area contributed by atoms with E-state index < -0.39 is 5.76 Å². The quantitative estimate of drug-likeness (QED) is 0.493. The minimum atomic E-state index is -0.492. The maximum Gasteiger partial charge on any atom is 0.417 e. The second kappa shape index (κ2) is 5.62. The molecule has 0 unspecified atom stereocenters. The molecule has 0 aliphatic carbocycles. The molecule has 0 saturated heterocycles. The molecule has 0 aliphatic heterocycles. The molecule has 0 atom stereocenters. The van der Waals surface area contributed by atoms with Crippen molar-refractivity contribution >= 4 is 22.5 Å². The number of H-pyrrole nitrogens is 1. The number of benzene rings is 2. The fraction of sp³-hybridized carbons (Fsp3) is 0.133. The molecule has 0 aliphatic rings. The molecule has 0 fully saturated rings. The van der Waals surface area contributed by atoms with Crippen molar-refractivity contribution in [3.63, 3.8) is 0 Å². The molecule has 21 heavy (non-hydrogen) atoms. The lowest BCUT2D eigenvalue weighted by molar-refractivity contribution is 0.333. The number of nitrogens with two attached hydrogens (primary N) is 1. The largest absolute Gasteiger partial charge is 0.492 e. The summed E-state index contributed by atoms with van der Waals surface area (Å²) in [6.45, 7) is 1.09. The number of hydrogen-bond acceptors (Lipinski definition) is 5. The van der Waals surface area contributed by atoms with Gasteiger partial charge in [-0.25, -0.2) is 4.79 Å². The van der Waals surface area contributed by atoms with E-state index in [1.165, 1.54) is 0 Å². The van der Waals surface area contributed by atoms with E-state index in [0.29, 0.717) is 29.9 Å². The smallest absolute Gasteiger partial charge is 0.417 e. The van der Waals surface area contributed by atoms with Crippen LogP contribution in [-0.2, 0) is 0 Å². The topological polar surface area (TPSA) is 93.3 Å². The van der Waals surface area contributed by atoms with Gasteiger partial charge in [0.2, 0.25) is 0 Å². The van der Waals surface area contributed by atoms with Gasteiger partial charge in [0, 0.05) is 12.6 Å². The molecule has 0 spiro atoms. The first-order valence-electron chi connectivity index (χ1n) is 6.56. The molecule has 0 amide bonds. The molecule has 0 radical (unpaired) electrons. The fourth-order valence-corrected chi connectivity index (χ4v) is 2.04. The van der Waals surface area contributed by atoms with Crippen LogP contribution in [0.15, 0.2) is 51.7 Å². The summed E-state index contributed by atoms with van der Waals surface area (Å²) in [6, 6.07) is 12.9. The van der Waals surface area contributed by atoms with E-state index in [1.807, 2.05) is 30.3 Å². The lowest BCUT2D eigenvalue weighted by atomic mass is 10.2. The Kier molecular flexibility index (Phi) is 3.51. The third kappa shape index (κ3) is 3.00. The molecule has 6 nitrogen and oxygen atoms in total. The molecular formula is C15H15N3O3. The number of rotatable bonds is 5. The minimum Gasteiger partial charge on any atom is -0.492 e. The zero-order chi connectivity index (χ0) is 14.7. The van der Waals surface area contributed by atoms with Gasteiger partial charge in [0.05, 0.1) is 16.9 Å². The van der Waals surface area contributed by atoms with Gasteiger partial charge in [-0.3, -0.25) is 4.98 Å². The minimum absolute atomic E-state index is 0.448. The summed E-state index contributed by atoms with van der Waals surface area (Å²) < 4.78 is 10.5. The molecule has 0 saturated carbocycles. The normalized spacial score (nSPS) is 10.7. The highest BCUT2D eigenvalue weighted by Gasteiger charge is 2.06. The summed E-state index contributed by atoms with van der Waals surface area (Å²) >= 11 is 0. The first-order valence-corrected chi connectivity index (χ1v) is 6.56. The summed E-state index contributed by atoms with van der Waals surface area (Å²) in [5.41, 5.74) is 8.22. The second-order valence-corrected chi connectivity index (χ2v) is 4.54. The van der Waals surface area contributed by atoms with E-state index in [2.05, 4.69) is 10.3 Å². The van der Waals surface area contributed by atoms with Crippen LogP contribution in [0.3, 0.4) is 0 Å². The molecule has 108 valence electrons. The van der Waals surface area contributed by atoms with Gasteiger partial charge >= 0.3 is 5.76 Å². The molecule has 0 bridgehead atoms. The van der Waals surface area contributed by atoms with Crippen LogP contribution >= 0.6 is 0 Å². The number of fused-ring (bicyclic) bond motifs is 1. The van der Waals surface area contributed by atoms with Crippen LogP contribution in [0.4, 0.5) is 11.4 Å². The standard InChI is InChI=1S/C15H15N3O3/c16-11-8-14-13(18-15(19)21-14)9-12(11)17-6-7-20-10-4-2-1-3-5-10/h1-5,8-9,17H,6-7,16H2,(H,18,19). The highest BCUT2D eigenvalue weighted by atomic mass is 16.5. The van der Waals surface area contributed by atoms with E-state index in [0.717, 1.165) is 11.4 Å². The van der Waals surface area contributed by atoms with E-state index in [1.54, 1.807) is 12.1 Å². The highest BCUT2D eigenvalue weighted by molar-refractivity contribution is 5.85. The molecule has 3 rings (SSSR count). The van der Waals surface area contributed by atoms with Crippen LogP contribution in [0.25, 0.3) is 11.1 Å². The van der Waals surface area contributed by atoms with Crippen LogP contribution in [-0.4, -0.2) is 18.1 Å². The van der Waals surface area contributed by atoms with Gasteiger partial charge in [-0.05, 0) is 18.2 Å². The SMILES string of the molecule is Nc1cc2oc(=O)[nH]c2cc1NCCOc1ccccc1. The van der Waals surface area contributed by atoms with Gasteiger partial charge in [-0.1, -0.05) is 18.2 Å². The van der Waals surface area contributed by atoms with Gasteiger partial charge in [0.25, 0.3) is 0 Å². The van der Waals surface area contributed by atoms with Crippen LogP contribution in [0.5, 0.6) is 5.75 Å². The Morgan fingerprint density at radius 3 is 2.86 bits per heavy atom. The van der Waals surface area contributed by atoms with Crippen LogP contribution in [0, 0.1) is 0 Å². The van der Waals surface area contributed by atoms with E-state index >= 15 is 0 Å². The average molecular weight is 285 g/mol. The Labute approximate surface area is 120 Å². The van der Waals surface area contributed by atoms with Crippen molar-refractivity contribution in [1.82, 2.24) is 4.98 Å². The zero-order valence-corrected chi connectivity index (χ0v) is 11.3. The third-order valence-corrected chi connectivity index (χ3v) is 3.02. The molecular weight excluding hydrogens is 270 g/mol. The van der Waals surface area contributed by atoms with Gasteiger partial charge in [-0.2, -0.15) is 0 Å². The van der Waals surface area contributed by atoms with Crippen molar-refractivity contribution in [3.8, 4) is 5.75 Å². The number of nitrogens with one attached hydrogen (secondary N) is 2. The number of para-hydroxylation sites is 1. The van der Waals surface area contributed by atoms with Crippen molar-refractivity contribution in [1.29, 1.82) is 0 Å². The van der Waals surface area contributed by atoms with Crippen LogP contribution in [0.2, 0.25) is 0 Å². The Morgan fingerprint density at radius 2 is 2.05 bits per heavy atom. The Morgan fingerprint density at radius 1 is 1.24 bits per heavy atom. The van der Waals surface area contributed by atoms with Crippen LogP contribution in [0.1, 0.15) is 0 Å². The van der Waals surface area contributed by atoms with Crippen molar-refractivity contribution < 1.29 is 9.15 Å². The summed E-state index contributed by atoms with van der Waals surface area (Å²) in [6.07, 6.45) is 0. The number of aromatic nitrogens is 1. The van der Waals surface area contributed by atoms with Crippen molar-refractivity contribution in [2.75, 3.05) is 24.2 Å². The number of ether oxygens (including phenoxy) is 1. The molecule has 1 aromatic heterocycles. The summed E-state index contributed by atoms with van der Waals surface area (Å²) in [5, 5.41) is 3.17. The number of hydrogen-bond donors (Lipinski definition) is 3. The second-order valence-electron chi connectivity index (χ2n) is 4.54. The average Bonchev–Trinajstić information content (AvgIpc) is 2.83. The number of aromatic amines is 1. The summed E-state index contributed by atoms with van der Waals surface area (Å²) in [4.78, 5) is 13.7. The van der Waals surface area contributed by atoms with Crippen molar-refractivity contribution in [3.05, 3.63) is 53.0 Å². The van der Waals surface area contributed by atoms with E-state index in [-0.39, 0.29) is 0 Å². The Hall–Kier alpha value is -2.89. The summed E-state index contributed by atoms with van der Waals surface area (Å²) in [5.74, 6) is 0.329. The predicted octanol–water partition coefficient (Wildman–Crippen LogP) is 2.19. The maximum absolute atomic E-state index is 11.1. The van der Waals surface area contributed by atoms with Crippen molar-refractivity contribution in [2.45, 2.75) is 0 Å². The van der Waals surface area contributed by atoms with E-state index in [9.17, 15) is 4.79 Å². The zero-order valence-electron chi connectivity index (χ0n) is 11.3. The van der Waals surface area contributed by atoms with Gasteiger partial charge in [0.1, 0.15) is 12.4 Å². The highest BCUT2D eigenvalue weighted by Crippen LogP contribution is 2.24. The number of nitrogen functional groups attached to an aromatic ring is 1. The first-order chi connectivity index (χ1) is 10.2. The monoisotopic (exact) mass is 285 g/mol. The molecule has 3 aromatic rings. The number of anilines is 2. The molecule has 4 N–H and O–H groups in total. The van der Waals surface area contributed by atoms with Gasteiger partial charge in [-0.15, -0.1) is 0 Å². The lowest BCUT2D eigenvalue weighted by Gasteiger charge is -2.10. The maximum atomic E-state index is 11.1. The van der Waals surface area contributed by atoms with Crippen molar-refractivity contribution in [2.24, 2.45) is 0 Å². The molecule has 1 heterocycles. The Bertz CT molecular complexity index is 793. The van der Waals surface area contributed by atoms with Gasteiger partial charge in [0.15, 0.2) is 5.58 Å². The van der Waals surface area contributed by atoms with Gasteiger partial charge < -0.3 is 20.2 Å². The Balaban J connectivity index is 1.62. The van der Waals surface area contributed by atoms with Crippen LogP contribution < -0.4 is 21.5 Å².